The number of nitrogens with two attached hydrogens (primary N) is 1. The quantitative estimate of drug-likeness (QED) is 0.337. The number of aliphatic hydroxyl groups is 1. The van der Waals surface area contributed by atoms with Gasteiger partial charge in [0.15, 0.2) is 5.65 Å². The molecule has 0 amide bonds. The lowest BCUT2D eigenvalue weighted by Crippen LogP contribution is -2.23. The Balaban J connectivity index is 2.06. The third-order valence-corrected chi connectivity index (χ3v) is 6.33. The molecule has 10 heteroatoms. The lowest BCUT2D eigenvalue weighted by Gasteiger charge is -2.26. The number of aromatic nitrogens is 4. The Hall–Kier alpha value is -3.14. The van der Waals surface area contributed by atoms with Crippen LogP contribution in [0.3, 0.4) is 0 Å². The molecule has 2 aromatic carbocycles. The van der Waals surface area contributed by atoms with E-state index < -0.39 is 23.9 Å². The van der Waals surface area contributed by atoms with E-state index in [2.05, 4.69) is 20.4 Å². The van der Waals surface area contributed by atoms with Crippen LogP contribution >= 0.6 is 11.6 Å². The highest BCUT2D eigenvalue weighted by Crippen LogP contribution is 2.41. The lowest BCUT2D eigenvalue weighted by molar-refractivity contribution is 0.141. The lowest BCUT2D eigenvalue weighted by atomic mass is 9.87. The van der Waals surface area contributed by atoms with Crippen molar-refractivity contribution in [2.75, 3.05) is 12.3 Å². The number of benzene rings is 2. The van der Waals surface area contributed by atoms with Gasteiger partial charge < -0.3 is 10.8 Å². The maximum absolute atomic E-state index is 14.3. The van der Waals surface area contributed by atoms with E-state index in [0.717, 1.165) is 6.07 Å². The van der Waals surface area contributed by atoms with E-state index in [1.807, 2.05) is 13.8 Å². The molecule has 0 aliphatic heterocycles. The Labute approximate surface area is 200 Å². The third-order valence-electron chi connectivity index (χ3n) is 5.93. The van der Waals surface area contributed by atoms with Gasteiger partial charge in [-0.1, -0.05) is 18.5 Å². The SMILES string of the molecule is CCNC(O)c1c(C)c(Cl)cc(C(C)n2nc(C)c3c(N)ncnc32)c1-c1cc(F)cc(F)c1. The molecule has 2 unspecified atom stereocenters. The van der Waals surface area contributed by atoms with Crippen molar-refractivity contribution in [2.45, 2.75) is 40.0 Å². The minimum absolute atomic E-state index is 0.272. The summed E-state index contributed by atoms with van der Waals surface area (Å²) in [6.07, 6.45) is 0.234. The second kappa shape index (κ2) is 9.25. The summed E-state index contributed by atoms with van der Waals surface area (Å²) in [4.78, 5) is 8.41. The Bertz CT molecular complexity index is 1370. The van der Waals surface area contributed by atoms with E-state index in [4.69, 9.17) is 17.3 Å². The Morgan fingerprint density at radius 2 is 1.82 bits per heavy atom. The molecule has 0 fully saturated rings. The summed E-state index contributed by atoms with van der Waals surface area (Å²) in [6, 6.07) is 4.51. The van der Waals surface area contributed by atoms with Gasteiger partial charge in [0, 0.05) is 16.7 Å². The van der Waals surface area contributed by atoms with Gasteiger partial charge in [-0.25, -0.2) is 23.4 Å². The van der Waals surface area contributed by atoms with Gasteiger partial charge in [0.25, 0.3) is 0 Å². The van der Waals surface area contributed by atoms with Crippen molar-refractivity contribution in [3.05, 3.63) is 69.6 Å². The first-order valence-electron chi connectivity index (χ1n) is 10.8. The summed E-state index contributed by atoms with van der Waals surface area (Å²) in [5.41, 5.74) is 9.58. The number of anilines is 1. The molecule has 2 atom stereocenters. The highest BCUT2D eigenvalue weighted by Gasteiger charge is 2.27. The first-order valence-corrected chi connectivity index (χ1v) is 11.2. The summed E-state index contributed by atoms with van der Waals surface area (Å²) in [5, 5.41) is 19.6. The van der Waals surface area contributed by atoms with Gasteiger partial charge in [0.05, 0.1) is 17.1 Å². The number of fused-ring (bicyclic) bond motifs is 1. The van der Waals surface area contributed by atoms with E-state index in [-0.39, 0.29) is 5.56 Å². The zero-order chi connectivity index (χ0) is 24.7. The van der Waals surface area contributed by atoms with E-state index in [1.54, 1.807) is 24.6 Å². The van der Waals surface area contributed by atoms with E-state index in [0.29, 0.717) is 56.4 Å². The molecular weight excluding hydrogens is 462 g/mol. The van der Waals surface area contributed by atoms with Crippen molar-refractivity contribution >= 4 is 28.5 Å². The zero-order valence-electron chi connectivity index (χ0n) is 19.2. The maximum atomic E-state index is 14.3. The summed E-state index contributed by atoms with van der Waals surface area (Å²) in [5.74, 6) is -1.16. The van der Waals surface area contributed by atoms with E-state index in [1.165, 1.54) is 18.5 Å². The molecule has 0 aliphatic rings. The average molecular weight is 487 g/mol. The molecule has 0 saturated heterocycles. The monoisotopic (exact) mass is 486 g/mol. The summed E-state index contributed by atoms with van der Waals surface area (Å²) < 4.78 is 30.3. The van der Waals surface area contributed by atoms with Gasteiger partial charge >= 0.3 is 0 Å². The van der Waals surface area contributed by atoms with E-state index in [9.17, 15) is 13.9 Å². The largest absolute Gasteiger partial charge is 0.383 e. The van der Waals surface area contributed by atoms with Crippen molar-refractivity contribution in [3.8, 4) is 11.1 Å². The number of aryl methyl sites for hydroxylation is 1. The smallest absolute Gasteiger partial charge is 0.164 e. The predicted molar refractivity (Wildman–Crippen MR) is 128 cm³/mol. The normalized spacial score (nSPS) is 13.4. The highest BCUT2D eigenvalue weighted by atomic mass is 35.5. The van der Waals surface area contributed by atoms with Crippen molar-refractivity contribution in [3.63, 3.8) is 0 Å². The molecule has 4 aromatic rings. The standard InChI is InChI=1S/C24H25ClF2N6O/c1-5-29-24(34)19-11(2)18(25)9-17(21(19)14-6-15(26)8-16(27)7-14)13(4)33-23-20(12(3)32-33)22(28)30-10-31-23/h6-10,13,24,29,34H,5H2,1-4H3,(H2,28,30,31). The number of rotatable bonds is 6. The molecule has 34 heavy (non-hydrogen) atoms. The van der Waals surface area contributed by atoms with Crippen LogP contribution in [0.2, 0.25) is 5.02 Å². The molecule has 4 rings (SSSR count). The van der Waals surface area contributed by atoms with Crippen LogP contribution in [0.5, 0.6) is 0 Å². The van der Waals surface area contributed by atoms with Gasteiger partial charge in [-0.15, -0.1) is 0 Å². The summed E-state index contributed by atoms with van der Waals surface area (Å²) >= 11 is 6.60. The summed E-state index contributed by atoms with van der Waals surface area (Å²) in [6.45, 7) is 7.74. The van der Waals surface area contributed by atoms with Crippen LogP contribution in [0.15, 0.2) is 30.6 Å². The second-order valence-corrected chi connectivity index (χ2v) is 8.55. The highest BCUT2D eigenvalue weighted by molar-refractivity contribution is 6.31. The number of halogens is 3. The van der Waals surface area contributed by atoms with Gasteiger partial charge in [0.1, 0.15) is 30.0 Å². The number of hydrogen-bond donors (Lipinski definition) is 3. The van der Waals surface area contributed by atoms with Gasteiger partial charge in [-0.2, -0.15) is 5.10 Å². The van der Waals surface area contributed by atoms with Crippen LogP contribution in [0, 0.1) is 25.5 Å². The second-order valence-electron chi connectivity index (χ2n) is 8.14. The average Bonchev–Trinajstić information content (AvgIpc) is 3.11. The van der Waals surface area contributed by atoms with Gasteiger partial charge in [-0.3, -0.25) is 5.32 Å². The summed E-state index contributed by atoms with van der Waals surface area (Å²) in [7, 11) is 0. The Kier molecular flexibility index (Phi) is 6.53. The van der Waals surface area contributed by atoms with Crippen molar-refractivity contribution in [1.82, 2.24) is 25.1 Å². The first-order chi connectivity index (χ1) is 16.1. The predicted octanol–water partition coefficient (Wildman–Crippen LogP) is 4.83. The maximum Gasteiger partial charge on any atom is 0.164 e. The van der Waals surface area contributed by atoms with Crippen LogP contribution < -0.4 is 11.1 Å². The molecule has 7 nitrogen and oxygen atoms in total. The van der Waals surface area contributed by atoms with Crippen LogP contribution in [0.1, 0.15) is 48.5 Å². The number of hydrogen-bond acceptors (Lipinski definition) is 6. The number of nitrogens with one attached hydrogen (secondary N) is 1. The number of nitrogen functional groups attached to an aromatic ring is 1. The van der Waals surface area contributed by atoms with Gasteiger partial charge in [0.2, 0.25) is 0 Å². The fraction of sp³-hybridized carbons (Fsp3) is 0.292. The van der Waals surface area contributed by atoms with Crippen LogP contribution in [0.4, 0.5) is 14.6 Å². The fourth-order valence-corrected chi connectivity index (χ4v) is 4.57. The minimum Gasteiger partial charge on any atom is -0.383 e. The third kappa shape index (κ3) is 4.11. The van der Waals surface area contributed by atoms with Crippen molar-refractivity contribution in [2.24, 2.45) is 0 Å². The zero-order valence-corrected chi connectivity index (χ0v) is 20.0. The van der Waals surface area contributed by atoms with E-state index >= 15 is 0 Å². The molecule has 0 saturated carbocycles. The molecule has 4 N–H and O–H groups in total. The fourth-order valence-electron chi connectivity index (χ4n) is 4.35. The van der Waals surface area contributed by atoms with Crippen molar-refractivity contribution < 1.29 is 13.9 Å². The molecule has 2 heterocycles. The van der Waals surface area contributed by atoms with Crippen LogP contribution in [-0.2, 0) is 0 Å². The molecule has 2 aromatic heterocycles. The molecule has 178 valence electrons. The Morgan fingerprint density at radius 3 is 2.47 bits per heavy atom. The molecule has 0 bridgehead atoms. The topological polar surface area (TPSA) is 102 Å². The van der Waals surface area contributed by atoms with Crippen LogP contribution in [0.25, 0.3) is 22.2 Å². The Morgan fingerprint density at radius 1 is 1.15 bits per heavy atom. The molecule has 0 spiro atoms. The van der Waals surface area contributed by atoms with Crippen molar-refractivity contribution in [1.29, 1.82) is 0 Å². The molecular formula is C24H25ClF2N6O. The first kappa shape index (κ1) is 24.0. The van der Waals surface area contributed by atoms with Gasteiger partial charge in [-0.05, 0) is 67.8 Å². The number of nitrogens with zero attached hydrogens (tertiary/aromatic N) is 4. The molecule has 0 radical (unpaired) electrons. The van der Waals surface area contributed by atoms with Crippen LogP contribution in [-0.4, -0.2) is 31.4 Å². The number of aliphatic hydroxyl groups excluding tert-OH is 1. The molecule has 0 aliphatic carbocycles. The minimum atomic E-state index is -1.12.